The summed E-state index contributed by atoms with van der Waals surface area (Å²) in [6.07, 6.45) is -0.0716. The lowest BCUT2D eigenvalue weighted by molar-refractivity contribution is -0.137. The number of aliphatic carboxylic acids is 1. The molecule has 1 heterocycles. The Bertz CT molecular complexity index is 687. The van der Waals surface area contributed by atoms with Gasteiger partial charge in [0.25, 0.3) is 5.91 Å². The molecule has 5 nitrogen and oxygen atoms in total. The van der Waals surface area contributed by atoms with Crippen LogP contribution in [-0.4, -0.2) is 35.0 Å². The third kappa shape index (κ3) is 3.87. The number of carboxylic acid groups (broad SMARTS) is 1. The number of aryl methyl sites for hydroxylation is 1. The smallest absolute Gasteiger partial charge is 0.305 e. The van der Waals surface area contributed by atoms with Crippen LogP contribution in [0.25, 0.3) is 11.0 Å². The van der Waals surface area contributed by atoms with Crippen LogP contribution >= 0.6 is 0 Å². The molecule has 1 amide bonds. The number of hydrogen-bond donors (Lipinski definition) is 1. The zero-order chi connectivity index (χ0) is 16.3. The molecule has 0 aliphatic rings. The molecule has 0 spiro atoms. The summed E-state index contributed by atoms with van der Waals surface area (Å²) in [5, 5.41) is 9.71. The fraction of sp³-hybridized carbons (Fsp3) is 0.412. The van der Waals surface area contributed by atoms with Crippen LogP contribution in [-0.2, 0) is 4.79 Å². The first-order chi connectivity index (χ1) is 10.4. The summed E-state index contributed by atoms with van der Waals surface area (Å²) in [5.74, 6) is -0.665. The second-order valence-corrected chi connectivity index (χ2v) is 5.94. The molecular weight excluding hydrogens is 282 g/mol. The summed E-state index contributed by atoms with van der Waals surface area (Å²) < 4.78 is 5.62. The molecule has 0 fully saturated rings. The topological polar surface area (TPSA) is 70.8 Å². The van der Waals surface area contributed by atoms with Gasteiger partial charge in [0, 0.05) is 18.5 Å². The summed E-state index contributed by atoms with van der Waals surface area (Å²) in [4.78, 5) is 24.9. The van der Waals surface area contributed by atoms with Crippen LogP contribution in [0.4, 0.5) is 0 Å². The van der Waals surface area contributed by atoms with Gasteiger partial charge in [-0.15, -0.1) is 0 Å². The number of carbonyl (C=O) groups is 2. The monoisotopic (exact) mass is 303 g/mol. The van der Waals surface area contributed by atoms with Gasteiger partial charge in [0.1, 0.15) is 5.58 Å². The van der Waals surface area contributed by atoms with E-state index in [1.807, 2.05) is 39.0 Å². The number of nitrogens with zero attached hydrogens (tertiary/aromatic N) is 1. The van der Waals surface area contributed by atoms with Gasteiger partial charge >= 0.3 is 5.97 Å². The van der Waals surface area contributed by atoms with Gasteiger partial charge in [0.2, 0.25) is 0 Å². The van der Waals surface area contributed by atoms with E-state index in [0.717, 1.165) is 10.9 Å². The second kappa shape index (κ2) is 6.64. The van der Waals surface area contributed by atoms with Crippen LogP contribution < -0.4 is 0 Å². The minimum atomic E-state index is -0.915. The van der Waals surface area contributed by atoms with Crippen LogP contribution in [0.2, 0.25) is 0 Å². The SMILES string of the molecule is Cc1ccc2oc(C(=O)N(CCC(=O)O)CC(C)C)cc2c1. The van der Waals surface area contributed by atoms with Crippen LogP contribution in [0.1, 0.15) is 36.4 Å². The molecule has 118 valence electrons. The number of furan rings is 1. The second-order valence-electron chi connectivity index (χ2n) is 5.94. The molecule has 0 radical (unpaired) electrons. The predicted octanol–water partition coefficient (Wildman–Crippen LogP) is 3.31. The zero-order valence-corrected chi connectivity index (χ0v) is 13.1. The van der Waals surface area contributed by atoms with E-state index in [4.69, 9.17) is 9.52 Å². The van der Waals surface area contributed by atoms with Gasteiger partial charge in [-0.2, -0.15) is 0 Å². The molecule has 0 aliphatic carbocycles. The van der Waals surface area contributed by atoms with E-state index in [9.17, 15) is 9.59 Å². The molecule has 0 atom stereocenters. The number of hydrogen-bond acceptors (Lipinski definition) is 3. The zero-order valence-electron chi connectivity index (χ0n) is 13.1. The van der Waals surface area contributed by atoms with Crippen molar-refractivity contribution in [3.63, 3.8) is 0 Å². The molecule has 5 heteroatoms. The Balaban J connectivity index is 2.24. The third-order valence-corrected chi connectivity index (χ3v) is 3.35. The van der Waals surface area contributed by atoms with E-state index < -0.39 is 5.97 Å². The van der Waals surface area contributed by atoms with E-state index in [0.29, 0.717) is 12.1 Å². The van der Waals surface area contributed by atoms with E-state index >= 15 is 0 Å². The highest BCUT2D eigenvalue weighted by Gasteiger charge is 2.21. The summed E-state index contributed by atoms with van der Waals surface area (Å²) in [7, 11) is 0. The van der Waals surface area contributed by atoms with Gasteiger partial charge in [0.15, 0.2) is 5.76 Å². The van der Waals surface area contributed by atoms with Crippen molar-refractivity contribution in [2.45, 2.75) is 27.2 Å². The van der Waals surface area contributed by atoms with Crippen LogP contribution in [0.15, 0.2) is 28.7 Å². The maximum absolute atomic E-state index is 12.6. The number of carbonyl (C=O) groups excluding carboxylic acids is 1. The van der Waals surface area contributed by atoms with E-state index in [1.54, 1.807) is 11.0 Å². The lowest BCUT2D eigenvalue weighted by Gasteiger charge is -2.22. The lowest BCUT2D eigenvalue weighted by Crippen LogP contribution is -2.35. The highest BCUT2D eigenvalue weighted by atomic mass is 16.4. The number of carboxylic acids is 1. The first-order valence-corrected chi connectivity index (χ1v) is 7.38. The van der Waals surface area contributed by atoms with Gasteiger partial charge < -0.3 is 14.4 Å². The van der Waals surface area contributed by atoms with Crippen molar-refractivity contribution in [1.29, 1.82) is 0 Å². The molecule has 22 heavy (non-hydrogen) atoms. The Morgan fingerprint density at radius 2 is 2.00 bits per heavy atom. The minimum Gasteiger partial charge on any atom is -0.481 e. The summed E-state index contributed by atoms with van der Waals surface area (Å²) in [5.41, 5.74) is 1.76. The number of fused-ring (bicyclic) bond motifs is 1. The molecular formula is C17H21NO4. The average Bonchev–Trinajstić information content (AvgIpc) is 2.85. The normalized spacial score (nSPS) is 11.1. The van der Waals surface area contributed by atoms with Gasteiger partial charge in [-0.25, -0.2) is 0 Å². The van der Waals surface area contributed by atoms with Crippen LogP contribution in [0.3, 0.4) is 0 Å². The van der Waals surface area contributed by atoms with Crippen molar-refractivity contribution in [3.8, 4) is 0 Å². The molecule has 0 bridgehead atoms. The first kappa shape index (κ1) is 16.1. The summed E-state index contributed by atoms with van der Waals surface area (Å²) in [6, 6.07) is 7.44. The van der Waals surface area contributed by atoms with Crippen LogP contribution in [0, 0.1) is 12.8 Å². The van der Waals surface area contributed by atoms with Crippen molar-refractivity contribution in [2.75, 3.05) is 13.1 Å². The molecule has 0 unspecified atom stereocenters. The van der Waals surface area contributed by atoms with E-state index in [1.165, 1.54) is 0 Å². The highest BCUT2D eigenvalue weighted by molar-refractivity contribution is 5.96. The molecule has 1 aromatic carbocycles. The Labute approximate surface area is 129 Å². The van der Waals surface area contributed by atoms with Crippen molar-refractivity contribution in [2.24, 2.45) is 5.92 Å². The standard InChI is InChI=1S/C17H21NO4/c1-11(2)10-18(7-6-16(19)20)17(21)15-9-13-8-12(3)4-5-14(13)22-15/h4-5,8-9,11H,6-7,10H2,1-3H3,(H,19,20). The molecule has 1 N–H and O–H groups in total. The average molecular weight is 303 g/mol. The lowest BCUT2D eigenvalue weighted by atomic mass is 10.1. The van der Waals surface area contributed by atoms with Gasteiger partial charge in [-0.05, 0) is 31.0 Å². The molecule has 2 rings (SSSR count). The molecule has 0 saturated carbocycles. The van der Waals surface area contributed by atoms with Gasteiger partial charge in [-0.1, -0.05) is 25.5 Å². The maximum Gasteiger partial charge on any atom is 0.305 e. The summed E-state index contributed by atoms with van der Waals surface area (Å²) >= 11 is 0. The fourth-order valence-electron chi connectivity index (χ4n) is 2.37. The van der Waals surface area contributed by atoms with Crippen molar-refractivity contribution in [1.82, 2.24) is 4.90 Å². The molecule has 0 aliphatic heterocycles. The number of amides is 1. The molecule has 2 aromatic rings. The van der Waals surface area contributed by atoms with Gasteiger partial charge in [-0.3, -0.25) is 9.59 Å². The largest absolute Gasteiger partial charge is 0.481 e. The Morgan fingerprint density at radius 1 is 1.27 bits per heavy atom. The van der Waals surface area contributed by atoms with E-state index in [-0.39, 0.29) is 30.6 Å². The Morgan fingerprint density at radius 3 is 2.64 bits per heavy atom. The highest BCUT2D eigenvalue weighted by Crippen LogP contribution is 2.22. The third-order valence-electron chi connectivity index (χ3n) is 3.35. The fourth-order valence-corrected chi connectivity index (χ4v) is 2.37. The van der Waals surface area contributed by atoms with E-state index in [2.05, 4.69) is 0 Å². The first-order valence-electron chi connectivity index (χ1n) is 7.38. The molecule has 0 saturated heterocycles. The number of benzene rings is 1. The summed E-state index contributed by atoms with van der Waals surface area (Å²) in [6.45, 7) is 6.64. The Kier molecular flexibility index (Phi) is 4.85. The predicted molar refractivity (Wildman–Crippen MR) is 83.9 cm³/mol. The van der Waals surface area contributed by atoms with Crippen molar-refractivity contribution in [3.05, 3.63) is 35.6 Å². The van der Waals surface area contributed by atoms with Gasteiger partial charge in [0.05, 0.1) is 6.42 Å². The molecule has 1 aromatic heterocycles. The minimum absolute atomic E-state index is 0.0716. The van der Waals surface area contributed by atoms with Crippen LogP contribution in [0.5, 0.6) is 0 Å². The maximum atomic E-state index is 12.6. The van der Waals surface area contributed by atoms with Crippen molar-refractivity contribution < 1.29 is 19.1 Å². The van der Waals surface area contributed by atoms with Crippen molar-refractivity contribution >= 4 is 22.8 Å². The Hall–Kier alpha value is -2.30. The quantitative estimate of drug-likeness (QED) is 0.888. The number of rotatable bonds is 6.